The summed E-state index contributed by atoms with van der Waals surface area (Å²) in [4.78, 5) is 0. The summed E-state index contributed by atoms with van der Waals surface area (Å²) in [6, 6.07) is 0. The Bertz CT molecular complexity index is 610. The van der Waals surface area contributed by atoms with E-state index in [4.69, 9.17) is 9.84 Å². The van der Waals surface area contributed by atoms with Gasteiger partial charge in [-0.25, -0.2) is 0 Å². The molecule has 0 radical (unpaired) electrons. The van der Waals surface area contributed by atoms with Crippen molar-refractivity contribution in [3.63, 3.8) is 0 Å². The summed E-state index contributed by atoms with van der Waals surface area (Å²) in [6.07, 6.45) is 14.0. The van der Waals surface area contributed by atoms with Crippen LogP contribution in [0.4, 0.5) is 0 Å². The lowest BCUT2D eigenvalue weighted by Gasteiger charge is -2.64. The van der Waals surface area contributed by atoms with Gasteiger partial charge >= 0.3 is 0 Å². The smallest absolute Gasteiger partial charge is 0.0882 e. The first kappa shape index (κ1) is 31.6. The molecule has 0 aromatic carbocycles. The predicted octanol–water partition coefficient (Wildman–Crippen LogP) is 8.29. The van der Waals surface area contributed by atoms with Gasteiger partial charge in [0.05, 0.1) is 12.2 Å². The van der Waals surface area contributed by atoms with Gasteiger partial charge in [0.25, 0.3) is 0 Å². The van der Waals surface area contributed by atoms with Crippen LogP contribution in [0.5, 0.6) is 0 Å². The maximum Gasteiger partial charge on any atom is 0.0882 e. The fraction of sp³-hybridized carbons (Fsp3) is 0.935. The highest BCUT2D eigenvalue weighted by molar-refractivity contribution is 5.17. The number of aliphatic hydroxyl groups is 2. The first-order chi connectivity index (χ1) is 16.2. The number of ether oxygens (including phenoxy) is 1. The molecule has 3 nitrogen and oxygen atoms in total. The van der Waals surface area contributed by atoms with Crippen molar-refractivity contribution in [3.8, 4) is 0 Å². The number of hydrogen-bond donors (Lipinski definition) is 2. The molecule has 4 saturated carbocycles. The molecule has 0 aromatic rings. The van der Waals surface area contributed by atoms with E-state index >= 15 is 0 Å². The molecule has 0 aliphatic heterocycles. The molecule has 204 valence electrons. The third kappa shape index (κ3) is 5.94. The predicted molar refractivity (Wildman–Crippen MR) is 149 cm³/mol. The summed E-state index contributed by atoms with van der Waals surface area (Å²) in [6.45, 7) is 20.5. The summed E-state index contributed by atoms with van der Waals surface area (Å²) < 4.78 is 5.37. The minimum absolute atomic E-state index is 0. The molecule has 34 heavy (non-hydrogen) atoms. The summed E-state index contributed by atoms with van der Waals surface area (Å²) in [5.41, 5.74) is 1.89. The van der Waals surface area contributed by atoms with E-state index in [-0.39, 0.29) is 1.43 Å². The minimum Gasteiger partial charge on any atom is -0.400 e. The van der Waals surface area contributed by atoms with E-state index in [0.29, 0.717) is 23.4 Å². The molecule has 0 spiro atoms. The molecule has 4 aliphatic rings. The highest BCUT2D eigenvalue weighted by Crippen LogP contribution is 2.70. The standard InChI is InChI=1S/C25H42O2.C3H8.C2H6.CH4O.H2/c1-6-25-14-13-23(4)19(17(2)3)9-10-21(23)22(25)8-7-18-15-24(26,16-27-5)12-11-20(18)25;1-3-2;2*1-2;/h18-22,26H,2,6-16H2,1,3-5H3;3H2,1-2H3;1-2H3;2H,1H3;1H/t18-,19-,20+,21?,22+,23-,24-,25-;;;;/m1..../s1. The lowest BCUT2D eigenvalue weighted by Crippen LogP contribution is -2.57. The Labute approximate surface area is 214 Å². The molecule has 8 atom stereocenters. The quantitative estimate of drug-likeness (QED) is 0.396. The SMILES string of the molecule is C=C(C)[C@H]1CCC2[C@@H]3CC[C@@H]4C[C@@](O)(COC)CC[C@@H]4[C@@]3(CC)CC[C@@]21C.CC.CCC.CO.[HH]. The molecule has 0 saturated heterocycles. The molecule has 0 aromatic heterocycles. The van der Waals surface area contributed by atoms with Crippen LogP contribution in [-0.4, -0.2) is 36.6 Å². The Morgan fingerprint density at radius 2 is 1.53 bits per heavy atom. The maximum absolute atomic E-state index is 11.0. The average molecular weight is 483 g/mol. The monoisotopic (exact) mass is 482 g/mol. The highest BCUT2D eigenvalue weighted by Gasteiger charge is 2.63. The van der Waals surface area contributed by atoms with E-state index in [0.717, 1.165) is 43.6 Å². The van der Waals surface area contributed by atoms with Crippen LogP contribution in [0.1, 0.15) is 121 Å². The summed E-state index contributed by atoms with van der Waals surface area (Å²) >= 11 is 0. The van der Waals surface area contributed by atoms with E-state index in [2.05, 4.69) is 41.2 Å². The Morgan fingerprint density at radius 1 is 0.941 bits per heavy atom. The van der Waals surface area contributed by atoms with Gasteiger partial charge in [-0.3, -0.25) is 0 Å². The molecule has 1 unspecified atom stereocenters. The number of hydrogen-bond acceptors (Lipinski definition) is 3. The van der Waals surface area contributed by atoms with Gasteiger partial charge in [-0.1, -0.05) is 60.1 Å². The number of rotatable bonds is 4. The molecular weight excluding hydrogens is 420 g/mol. The van der Waals surface area contributed by atoms with Crippen molar-refractivity contribution in [1.29, 1.82) is 0 Å². The van der Waals surface area contributed by atoms with E-state index in [1.54, 1.807) is 7.11 Å². The number of allylic oxidation sites excluding steroid dienone is 1. The fourth-order valence-corrected chi connectivity index (χ4v) is 9.08. The average Bonchev–Trinajstić information content (AvgIpc) is 3.19. The van der Waals surface area contributed by atoms with Crippen molar-refractivity contribution in [1.82, 2.24) is 0 Å². The summed E-state index contributed by atoms with van der Waals surface area (Å²) in [5, 5.41) is 18.0. The van der Waals surface area contributed by atoms with Crippen LogP contribution in [0.3, 0.4) is 0 Å². The second kappa shape index (κ2) is 13.8. The minimum atomic E-state index is -0.570. The van der Waals surface area contributed by atoms with Gasteiger partial charge < -0.3 is 14.9 Å². The normalized spacial score (nSPS) is 42.1. The number of methoxy groups -OCH3 is 1. The zero-order chi connectivity index (χ0) is 26.2. The topological polar surface area (TPSA) is 49.7 Å². The van der Waals surface area contributed by atoms with Gasteiger partial charge in [-0.05, 0) is 112 Å². The van der Waals surface area contributed by atoms with E-state index < -0.39 is 5.60 Å². The van der Waals surface area contributed by atoms with E-state index in [1.807, 2.05) is 13.8 Å². The van der Waals surface area contributed by atoms with Crippen LogP contribution in [0.15, 0.2) is 12.2 Å². The van der Waals surface area contributed by atoms with Crippen LogP contribution in [0.2, 0.25) is 0 Å². The maximum atomic E-state index is 11.0. The third-order valence-electron chi connectivity index (χ3n) is 10.1. The number of aliphatic hydroxyl groups excluding tert-OH is 1. The van der Waals surface area contributed by atoms with Crippen molar-refractivity contribution in [3.05, 3.63) is 12.2 Å². The van der Waals surface area contributed by atoms with Crippen LogP contribution >= 0.6 is 0 Å². The molecule has 0 bridgehead atoms. The van der Waals surface area contributed by atoms with Crippen molar-refractivity contribution in [2.24, 2.45) is 40.4 Å². The van der Waals surface area contributed by atoms with Crippen molar-refractivity contribution >= 4 is 0 Å². The molecule has 4 rings (SSSR count). The molecule has 0 heterocycles. The van der Waals surface area contributed by atoms with Crippen LogP contribution in [0.25, 0.3) is 0 Å². The first-order valence-electron chi connectivity index (χ1n) is 14.5. The van der Waals surface area contributed by atoms with Gasteiger partial charge in [0.2, 0.25) is 0 Å². The molecule has 2 N–H and O–H groups in total. The van der Waals surface area contributed by atoms with Gasteiger partial charge in [0, 0.05) is 15.6 Å². The largest absolute Gasteiger partial charge is 0.400 e. The summed E-state index contributed by atoms with van der Waals surface area (Å²) in [7, 11) is 2.73. The lowest BCUT2D eigenvalue weighted by atomic mass is 9.41. The zero-order valence-corrected chi connectivity index (χ0v) is 24.4. The Kier molecular flexibility index (Phi) is 12.8. The molecular formula is C31H62O3. The second-order valence-electron chi connectivity index (χ2n) is 11.8. The van der Waals surface area contributed by atoms with Crippen molar-refractivity contribution in [2.75, 3.05) is 20.8 Å². The van der Waals surface area contributed by atoms with Crippen molar-refractivity contribution < 1.29 is 16.4 Å². The first-order valence-corrected chi connectivity index (χ1v) is 14.5. The second-order valence-corrected chi connectivity index (χ2v) is 11.8. The van der Waals surface area contributed by atoms with Crippen molar-refractivity contribution in [2.45, 2.75) is 125 Å². The van der Waals surface area contributed by atoms with Gasteiger partial charge in [-0.15, -0.1) is 0 Å². The number of fused-ring (bicyclic) bond motifs is 5. The molecule has 4 aliphatic carbocycles. The molecule has 4 fully saturated rings. The summed E-state index contributed by atoms with van der Waals surface area (Å²) in [5.74, 6) is 4.08. The van der Waals surface area contributed by atoms with Crippen LogP contribution in [-0.2, 0) is 4.74 Å². The highest BCUT2D eigenvalue weighted by atomic mass is 16.5. The van der Waals surface area contributed by atoms with Gasteiger partial charge in [-0.2, -0.15) is 0 Å². The van der Waals surface area contributed by atoms with Crippen LogP contribution < -0.4 is 0 Å². The Balaban J connectivity index is 0.00000132. The molecule has 0 amide bonds. The zero-order valence-electron chi connectivity index (χ0n) is 24.4. The Hall–Kier alpha value is -0.380. The van der Waals surface area contributed by atoms with Gasteiger partial charge in [0.1, 0.15) is 0 Å². The Morgan fingerprint density at radius 3 is 2.06 bits per heavy atom. The fourth-order valence-electron chi connectivity index (χ4n) is 9.08. The van der Waals surface area contributed by atoms with Crippen LogP contribution in [0, 0.1) is 40.4 Å². The van der Waals surface area contributed by atoms with Gasteiger partial charge in [0.15, 0.2) is 0 Å². The molecule has 3 heteroatoms. The van der Waals surface area contributed by atoms with E-state index in [1.165, 1.54) is 63.4 Å². The lowest BCUT2D eigenvalue weighted by molar-refractivity contribution is -0.167. The van der Waals surface area contributed by atoms with E-state index in [9.17, 15) is 5.11 Å². The third-order valence-corrected chi connectivity index (χ3v) is 10.1.